The molecule has 1 aromatic heterocycles. The number of aliphatic hydroxyl groups excluding tert-OH is 1. The van der Waals surface area contributed by atoms with Crippen LogP contribution < -0.4 is 16.2 Å². The molecule has 0 radical (unpaired) electrons. The van der Waals surface area contributed by atoms with E-state index in [2.05, 4.69) is 20.3 Å². The molecule has 1 fully saturated rings. The summed E-state index contributed by atoms with van der Waals surface area (Å²) in [6.07, 6.45) is 3.41. The Labute approximate surface area is 101 Å². The van der Waals surface area contributed by atoms with Gasteiger partial charge in [0.1, 0.15) is 5.82 Å². The SMILES string of the molecule is Cc1cnc(NN)nc1N(C)CC1CC(O)C1. The van der Waals surface area contributed by atoms with Crippen LogP contribution in [0.15, 0.2) is 6.20 Å². The summed E-state index contributed by atoms with van der Waals surface area (Å²) >= 11 is 0. The standard InChI is InChI=1S/C11H19N5O/c1-7-5-13-11(15-12)14-10(7)16(2)6-8-3-9(17)4-8/h5,8-9,17H,3-4,6,12H2,1-2H3,(H,13,14,15). The van der Waals surface area contributed by atoms with Gasteiger partial charge in [0.2, 0.25) is 5.95 Å². The van der Waals surface area contributed by atoms with Gasteiger partial charge >= 0.3 is 0 Å². The van der Waals surface area contributed by atoms with Crippen molar-refractivity contribution in [1.82, 2.24) is 9.97 Å². The summed E-state index contributed by atoms with van der Waals surface area (Å²) in [5.41, 5.74) is 3.47. The second-order valence-corrected chi connectivity index (χ2v) is 4.72. The number of anilines is 2. The molecule has 0 atom stereocenters. The summed E-state index contributed by atoms with van der Waals surface area (Å²) in [5.74, 6) is 7.16. The first-order valence-corrected chi connectivity index (χ1v) is 5.79. The predicted octanol–water partition coefficient (Wildman–Crippen LogP) is 0.278. The molecule has 6 heteroatoms. The fourth-order valence-electron chi connectivity index (χ4n) is 2.21. The van der Waals surface area contributed by atoms with E-state index in [1.54, 1.807) is 6.20 Å². The van der Waals surface area contributed by atoms with Crippen molar-refractivity contribution in [3.05, 3.63) is 11.8 Å². The molecule has 1 aliphatic rings. The van der Waals surface area contributed by atoms with Crippen molar-refractivity contribution < 1.29 is 5.11 Å². The first kappa shape index (κ1) is 12.1. The Balaban J connectivity index is 2.04. The molecule has 17 heavy (non-hydrogen) atoms. The molecular weight excluding hydrogens is 218 g/mol. The lowest BCUT2D eigenvalue weighted by atomic mass is 9.82. The highest BCUT2D eigenvalue weighted by Crippen LogP contribution is 2.29. The van der Waals surface area contributed by atoms with Crippen LogP contribution in [0.4, 0.5) is 11.8 Å². The first-order valence-electron chi connectivity index (χ1n) is 5.79. The number of hydrazine groups is 1. The van der Waals surface area contributed by atoms with Crippen LogP contribution >= 0.6 is 0 Å². The zero-order valence-corrected chi connectivity index (χ0v) is 10.2. The molecule has 0 spiro atoms. The summed E-state index contributed by atoms with van der Waals surface area (Å²) in [6.45, 7) is 2.88. The van der Waals surface area contributed by atoms with E-state index in [4.69, 9.17) is 5.84 Å². The van der Waals surface area contributed by atoms with E-state index in [-0.39, 0.29) is 6.10 Å². The minimum Gasteiger partial charge on any atom is -0.393 e. The minimum absolute atomic E-state index is 0.110. The molecule has 0 aliphatic heterocycles. The van der Waals surface area contributed by atoms with Gasteiger partial charge in [0.25, 0.3) is 0 Å². The van der Waals surface area contributed by atoms with Crippen molar-refractivity contribution in [3.8, 4) is 0 Å². The highest BCUT2D eigenvalue weighted by molar-refractivity contribution is 5.48. The van der Waals surface area contributed by atoms with E-state index in [9.17, 15) is 5.11 Å². The third-order valence-corrected chi connectivity index (χ3v) is 3.18. The van der Waals surface area contributed by atoms with Gasteiger partial charge in [0, 0.05) is 25.4 Å². The molecule has 0 unspecified atom stereocenters. The quantitative estimate of drug-likeness (QED) is 0.515. The van der Waals surface area contributed by atoms with E-state index < -0.39 is 0 Å². The van der Waals surface area contributed by atoms with Gasteiger partial charge in [-0.2, -0.15) is 4.98 Å². The zero-order chi connectivity index (χ0) is 12.4. The minimum atomic E-state index is -0.110. The lowest BCUT2D eigenvalue weighted by Crippen LogP contribution is -2.37. The van der Waals surface area contributed by atoms with Gasteiger partial charge in [-0.05, 0) is 25.7 Å². The summed E-state index contributed by atoms with van der Waals surface area (Å²) < 4.78 is 0. The Morgan fingerprint density at radius 2 is 2.29 bits per heavy atom. The zero-order valence-electron chi connectivity index (χ0n) is 10.2. The van der Waals surface area contributed by atoms with Crippen LogP contribution in [0, 0.1) is 12.8 Å². The number of nitrogen functional groups attached to an aromatic ring is 1. The lowest BCUT2D eigenvalue weighted by molar-refractivity contribution is 0.0464. The Kier molecular flexibility index (Phi) is 3.44. The Morgan fingerprint density at radius 1 is 1.59 bits per heavy atom. The van der Waals surface area contributed by atoms with Gasteiger partial charge in [-0.1, -0.05) is 0 Å². The molecule has 6 nitrogen and oxygen atoms in total. The molecule has 0 saturated heterocycles. The number of nitrogens with one attached hydrogen (secondary N) is 1. The predicted molar refractivity (Wildman–Crippen MR) is 66.6 cm³/mol. The van der Waals surface area contributed by atoms with Crippen molar-refractivity contribution in [1.29, 1.82) is 0 Å². The van der Waals surface area contributed by atoms with Crippen molar-refractivity contribution in [2.24, 2.45) is 11.8 Å². The van der Waals surface area contributed by atoms with Gasteiger partial charge in [0.15, 0.2) is 0 Å². The average molecular weight is 237 g/mol. The van der Waals surface area contributed by atoms with Crippen LogP contribution in [-0.2, 0) is 0 Å². The van der Waals surface area contributed by atoms with Gasteiger partial charge in [-0.3, -0.25) is 5.43 Å². The van der Waals surface area contributed by atoms with E-state index in [1.165, 1.54) is 0 Å². The second kappa shape index (κ2) is 4.85. The second-order valence-electron chi connectivity index (χ2n) is 4.72. The van der Waals surface area contributed by atoms with Crippen molar-refractivity contribution in [3.63, 3.8) is 0 Å². The van der Waals surface area contributed by atoms with Crippen LogP contribution in [0.1, 0.15) is 18.4 Å². The third-order valence-electron chi connectivity index (χ3n) is 3.18. The lowest BCUT2D eigenvalue weighted by Gasteiger charge is -2.35. The fourth-order valence-corrected chi connectivity index (χ4v) is 2.21. The third kappa shape index (κ3) is 2.65. The molecule has 1 aromatic rings. The van der Waals surface area contributed by atoms with Gasteiger partial charge in [0.05, 0.1) is 6.10 Å². The largest absolute Gasteiger partial charge is 0.393 e. The highest BCUT2D eigenvalue weighted by Gasteiger charge is 2.28. The summed E-state index contributed by atoms with van der Waals surface area (Å²) in [5, 5.41) is 9.27. The van der Waals surface area contributed by atoms with E-state index in [1.807, 2.05) is 14.0 Å². The first-order chi connectivity index (χ1) is 8.10. The highest BCUT2D eigenvalue weighted by atomic mass is 16.3. The number of nitrogens with zero attached hydrogens (tertiary/aromatic N) is 3. The molecule has 1 aliphatic carbocycles. The molecule has 0 bridgehead atoms. The molecule has 1 heterocycles. The number of nitrogens with two attached hydrogens (primary N) is 1. The van der Waals surface area contributed by atoms with Crippen LogP contribution in [0.2, 0.25) is 0 Å². The molecule has 4 N–H and O–H groups in total. The van der Waals surface area contributed by atoms with Crippen LogP contribution in [0.25, 0.3) is 0 Å². The van der Waals surface area contributed by atoms with Crippen LogP contribution in [0.3, 0.4) is 0 Å². The molecule has 1 saturated carbocycles. The van der Waals surface area contributed by atoms with Crippen molar-refractivity contribution in [2.45, 2.75) is 25.9 Å². The molecule has 2 rings (SSSR count). The maximum absolute atomic E-state index is 9.27. The average Bonchev–Trinajstić information content (AvgIpc) is 2.27. The summed E-state index contributed by atoms with van der Waals surface area (Å²) in [7, 11) is 2.00. The number of hydrogen-bond acceptors (Lipinski definition) is 6. The van der Waals surface area contributed by atoms with Crippen molar-refractivity contribution in [2.75, 3.05) is 23.9 Å². The summed E-state index contributed by atoms with van der Waals surface area (Å²) in [4.78, 5) is 10.5. The fraction of sp³-hybridized carbons (Fsp3) is 0.636. The molecular formula is C11H19N5O. The van der Waals surface area contributed by atoms with Crippen molar-refractivity contribution >= 4 is 11.8 Å². The number of rotatable bonds is 4. The Morgan fingerprint density at radius 3 is 2.88 bits per heavy atom. The number of aryl methyl sites for hydroxylation is 1. The number of aromatic nitrogens is 2. The maximum atomic E-state index is 9.27. The molecule has 0 aromatic carbocycles. The summed E-state index contributed by atoms with van der Waals surface area (Å²) in [6, 6.07) is 0. The van der Waals surface area contributed by atoms with Gasteiger partial charge in [-0.15, -0.1) is 0 Å². The smallest absolute Gasteiger partial charge is 0.239 e. The normalized spacial score (nSPS) is 23.1. The Bertz CT molecular complexity index is 391. The van der Waals surface area contributed by atoms with E-state index in [0.29, 0.717) is 11.9 Å². The molecule has 0 amide bonds. The van der Waals surface area contributed by atoms with Gasteiger partial charge < -0.3 is 10.0 Å². The van der Waals surface area contributed by atoms with Crippen LogP contribution in [0.5, 0.6) is 0 Å². The van der Waals surface area contributed by atoms with Crippen LogP contribution in [-0.4, -0.2) is 34.8 Å². The van der Waals surface area contributed by atoms with Gasteiger partial charge in [-0.25, -0.2) is 10.8 Å². The van der Waals surface area contributed by atoms with E-state index in [0.717, 1.165) is 30.8 Å². The maximum Gasteiger partial charge on any atom is 0.239 e. The molecule has 94 valence electrons. The number of hydrogen-bond donors (Lipinski definition) is 3. The monoisotopic (exact) mass is 237 g/mol. The Hall–Kier alpha value is -1.40. The van der Waals surface area contributed by atoms with E-state index >= 15 is 0 Å². The topological polar surface area (TPSA) is 87.3 Å². The number of aliphatic hydroxyl groups is 1.